The van der Waals surface area contributed by atoms with Gasteiger partial charge in [0.15, 0.2) is 6.79 Å². The molecule has 3 rings (SSSR count). The fourth-order valence-corrected chi connectivity index (χ4v) is 2.91. The number of benzene rings is 1. The minimum absolute atomic E-state index is 0.0636. The van der Waals surface area contributed by atoms with Gasteiger partial charge in [-0.2, -0.15) is 0 Å². The van der Waals surface area contributed by atoms with E-state index in [1.54, 1.807) is 0 Å². The molecule has 25 heavy (non-hydrogen) atoms. The molecule has 1 fully saturated rings. The highest BCUT2D eigenvalue weighted by Gasteiger charge is 2.20. The van der Waals surface area contributed by atoms with E-state index in [1.165, 1.54) is 24.3 Å². The molecule has 134 valence electrons. The molecular weight excluding hydrogens is 328 g/mol. The summed E-state index contributed by atoms with van der Waals surface area (Å²) in [7, 11) is 0. The number of carbonyl (C=O) groups is 1. The summed E-state index contributed by atoms with van der Waals surface area (Å²) in [5.41, 5.74) is 1.02. The van der Waals surface area contributed by atoms with E-state index in [0.29, 0.717) is 23.4 Å². The maximum absolute atomic E-state index is 11.9. The Morgan fingerprint density at radius 2 is 2.32 bits per heavy atom. The lowest BCUT2D eigenvalue weighted by Gasteiger charge is -2.19. The van der Waals surface area contributed by atoms with E-state index in [9.17, 15) is 14.9 Å². The van der Waals surface area contributed by atoms with Crippen LogP contribution in [0, 0.1) is 10.1 Å². The highest BCUT2D eigenvalue weighted by atomic mass is 16.7. The van der Waals surface area contributed by atoms with Gasteiger partial charge in [0, 0.05) is 42.5 Å². The smallest absolute Gasteiger partial charge is 0.270 e. The average molecular weight is 348 g/mol. The van der Waals surface area contributed by atoms with Crippen LogP contribution in [0.15, 0.2) is 18.2 Å². The van der Waals surface area contributed by atoms with Crippen molar-refractivity contribution >= 4 is 17.7 Å². The van der Waals surface area contributed by atoms with Crippen molar-refractivity contribution in [3.8, 4) is 5.75 Å². The molecular formula is C17H20N2O6. The molecule has 2 heterocycles. The maximum atomic E-state index is 11.9. The summed E-state index contributed by atoms with van der Waals surface area (Å²) < 4.78 is 16.1. The normalized spacial score (nSPS) is 19.4. The SMILES string of the molecule is O=C(/C=C/c1cc([N+](=O)[O-])cc2c1OCOC2)NCCC1CCCO1. The van der Waals surface area contributed by atoms with Gasteiger partial charge in [-0.3, -0.25) is 14.9 Å². The molecule has 1 aromatic rings. The first kappa shape index (κ1) is 17.4. The Morgan fingerprint density at radius 3 is 3.08 bits per heavy atom. The lowest BCUT2D eigenvalue weighted by atomic mass is 10.1. The Labute approximate surface area is 144 Å². The lowest BCUT2D eigenvalue weighted by molar-refractivity contribution is -0.385. The third kappa shape index (κ3) is 4.55. The molecule has 0 radical (unpaired) electrons. The summed E-state index contributed by atoms with van der Waals surface area (Å²) in [4.78, 5) is 22.5. The van der Waals surface area contributed by atoms with Gasteiger partial charge in [0.1, 0.15) is 5.75 Å². The van der Waals surface area contributed by atoms with E-state index in [-0.39, 0.29) is 31.1 Å². The van der Waals surface area contributed by atoms with Gasteiger partial charge in [0.2, 0.25) is 5.91 Å². The molecule has 1 saturated heterocycles. The second-order valence-electron chi connectivity index (χ2n) is 5.94. The number of fused-ring (bicyclic) bond motifs is 1. The van der Waals surface area contributed by atoms with Crippen LogP contribution in [0.5, 0.6) is 5.75 Å². The molecule has 2 aliphatic heterocycles. The van der Waals surface area contributed by atoms with E-state index >= 15 is 0 Å². The maximum Gasteiger partial charge on any atom is 0.270 e. The summed E-state index contributed by atoms with van der Waals surface area (Å²) in [5, 5.41) is 13.8. The first-order valence-corrected chi connectivity index (χ1v) is 8.23. The van der Waals surface area contributed by atoms with Crippen LogP contribution in [0.3, 0.4) is 0 Å². The lowest BCUT2D eigenvalue weighted by Crippen LogP contribution is -2.25. The number of nitro benzene ring substituents is 1. The Balaban J connectivity index is 1.64. The molecule has 8 heteroatoms. The number of rotatable bonds is 6. The van der Waals surface area contributed by atoms with Crippen LogP contribution in [0.1, 0.15) is 30.4 Å². The van der Waals surface area contributed by atoms with Crippen molar-refractivity contribution in [3.05, 3.63) is 39.4 Å². The number of amides is 1. The second-order valence-corrected chi connectivity index (χ2v) is 5.94. The Hall–Kier alpha value is -2.45. The molecule has 0 spiro atoms. The predicted molar refractivity (Wildman–Crippen MR) is 89.0 cm³/mol. The number of nitrogens with zero attached hydrogens (tertiary/aromatic N) is 1. The number of carbonyl (C=O) groups excluding carboxylic acids is 1. The minimum Gasteiger partial charge on any atom is -0.467 e. The van der Waals surface area contributed by atoms with Crippen LogP contribution in [0.2, 0.25) is 0 Å². The van der Waals surface area contributed by atoms with Crippen LogP contribution in [0.4, 0.5) is 5.69 Å². The topological polar surface area (TPSA) is 99.9 Å². The van der Waals surface area contributed by atoms with E-state index in [2.05, 4.69) is 5.32 Å². The molecule has 1 unspecified atom stereocenters. The number of nitrogens with one attached hydrogen (secondary N) is 1. The second kappa shape index (κ2) is 8.09. The zero-order chi connectivity index (χ0) is 17.6. The van der Waals surface area contributed by atoms with Gasteiger partial charge in [-0.15, -0.1) is 0 Å². The minimum atomic E-state index is -0.478. The molecule has 1 atom stereocenters. The summed E-state index contributed by atoms with van der Waals surface area (Å²) in [6.45, 7) is 1.65. The average Bonchev–Trinajstić information content (AvgIpc) is 3.12. The number of hydrogen-bond acceptors (Lipinski definition) is 6. The van der Waals surface area contributed by atoms with Gasteiger partial charge in [-0.25, -0.2) is 0 Å². The van der Waals surface area contributed by atoms with Crippen molar-refractivity contribution < 1.29 is 23.9 Å². The monoisotopic (exact) mass is 348 g/mol. The molecule has 0 aliphatic carbocycles. The van der Waals surface area contributed by atoms with Crippen molar-refractivity contribution in [3.63, 3.8) is 0 Å². The van der Waals surface area contributed by atoms with Gasteiger partial charge in [0.25, 0.3) is 5.69 Å². The zero-order valence-electron chi connectivity index (χ0n) is 13.7. The van der Waals surface area contributed by atoms with E-state index in [0.717, 1.165) is 25.9 Å². The third-order valence-electron chi connectivity index (χ3n) is 4.14. The van der Waals surface area contributed by atoms with Gasteiger partial charge >= 0.3 is 0 Å². The number of ether oxygens (including phenoxy) is 3. The number of hydrogen-bond donors (Lipinski definition) is 1. The van der Waals surface area contributed by atoms with E-state index < -0.39 is 4.92 Å². The highest BCUT2D eigenvalue weighted by molar-refractivity contribution is 5.92. The summed E-state index contributed by atoms with van der Waals surface area (Å²) in [5.74, 6) is 0.255. The van der Waals surface area contributed by atoms with Crippen molar-refractivity contribution in [2.24, 2.45) is 0 Å². The van der Waals surface area contributed by atoms with Crippen molar-refractivity contribution in [1.29, 1.82) is 0 Å². The highest BCUT2D eigenvalue weighted by Crippen LogP contribution is 2.33. The van der Waals surface area contributed by atoms with Crippen molar-refractivity contribution in [2.75, 3.05) is 19.9 Å². The molecule has 0 bridgehead atoms. The van der Waals surface area contributed by atoms with Crippen LogP contribution in [0.25, 0.3) is 6.08 Å². The Bertz CT molecular complexity index is 682. The van der Waals surface area contributed by atoms with Crippen LogP contribution in [-0.4, -0.2) is 36.9 Å². The molecule has 1 amide bonds. The van der Waals surface area contributed by atoms with Gasteiger partial charge in [-0.05, 0) is 25.3 Å². The molecule has 1 N–H and O–H groups in total. The van der Waals surface area contributed by atoms with Gasteiger partial charge in [-0.1, -0.05) is 0 Å². The predicted octanol–water partition coefficient (Wildman–Crippen LogP) is 2.16. The fraction of sp³-hybridized carbons (Fsp3) is 0.471. The molecule has 2 aliphatic rings. The molecule has 1 aromatic carbocycles. The fourth-order valence-electron chi connectivity index (χ4n) is 2.91. The van der Waals surface area contributed by atoms with Crippen molar-refractivity contribution in [1.82, 2.24) is 5.32 Å². The Kier molecular flexibility index (Phi) is 5.62. The van der Waals surface area contributed by atoms with Gasteiger partial charge < -0.3 is 19.5 Å². The Morgan fingerprint density at radius 1 is 1.44 bits per heavy atom. The molecule has 8 nitrogen and oxygen atoms in total. The van der Waals surface area contributed by atoms with Crippen LogP contribution in [-0.2, 0) is 20.9 Å². The van der Waals surface area contributed by atoms with Crippen molar-refractivity contribution in [2.45, 2.75) is 32.0 Å². The van der Waals surface area contributed by atoms with Crippen LogP contribution < -0.4 is 10.1 Å². The first-order valence-electron chi connectivity index (χ1n) is 8.23. The van der Waals surface area contributed by atoms with Gasteiger partial charge in [0.05, 0.1) is 17.6 Å². The van der Waals surface area contributed by atoms with Crippen LogP contribution >= 0.6 is 0 Å². The largest absolute Gasteiger partial charge is 0.467 e. The molecule has 0 saturated carbocycles. The van der Waals surface area contributed by atoms with E-state index in [4.69, 9.17) is 14.2 Å². The molecule has 0 aromatic heterocycles. The zero-order valence-corrected chi connectivity index (χ0v) is 13.7. The third-order valence-corrected chi connectivity index (χ3v) is 4.14. The van der Waals surface area contributed by atoms with E-state index in [1.807, 2.05) is 0 Å². The number of non-ortho nitro benzene ring substituents is 1. The quantitative estimate of drug-likeness (QED) is 0.480. The first-order chi connectivity index (χ1) is 12.1. The summed E-state index contributed by atoms with van der Waals surface area (Å²) in [6.07, 6.45) is 5.99. The number of nitro groups is 1. The summed E-state index contributed by atoms with van der Waals surface area (Å²) in [6, 6.07) is 2.81. The standard InChI is InChI=1S/C17H20N2O6/c20-16(18-6-5-15-2-1-7-24-15)4-3-12-8-14(19(21)22)9-13-10-23-11-25-17(12)13/h3-4,8-9,15H,1-2,5-7,10-11H2,(H,18,20)/b4-3+. The summed E-state index contributed by atoms with van der Waals surface area (Å²) >= 11 is 0.